The Labute approximate surface area is 190 Å². The van der Waals surface area contributed by atoms with Crippen LogP contribution in [0.25, 0.3) is 0 Å². The van der Waals surface area contributed by atoms with Crippen LogP contribution < -0.4 is 10.6 Å². The minimum atomic E-state index is 0.0702. The molecule has 1 heterocycles. The number of benzene rings is 2. The molecule has 1 amide bonds. The molecule has 0 spiro atoms. The number of carbonyl (C=O) groups is 1. The summed E-state index contributed by atoms with van der Waals surface area (Å²) < 4.78 is 1.92. The van der Waals surface area contributed by atoms with Gasteiger partial charge < -0.3 is 15.5 Å². The summed E-state index contributed by atoms with van der Waals surface area (Å²) in [7, 11) is 1.76. The van der Waals surface area contributed by atoms with Crippen molar-refractivity contribution in [1.29, 1.82) is 0 Å². The summed E-state index contributed by atoms with van der Waals surface area (Å²) in [4.78, 5) is 18.6. The molecule has 0 bridgehead atoms. The van der Waals surface area contributed by atoms with Crippen LogP contribution in [0.15, 0.2) is 72.0 Å². The Hall–Kier alpha value is -3.61. The van der Waals surface area contributed by atoms with Crippen molar-refractivity contribution in [2.75, 3.05) is 20.1 Å². The highest BCUT2D eigenvalue weighted by Crippen LogP contribution is 2.11. The van der Waals surface area contributed by atoms with Gasteiger partial charge in [-0.3, -0.25) is 14.5 Å². The number of hydrogen-bond donors (Lipinski definition) is 2. The van der Waals surface area contributed by atoms with Crippen LogP contribution in [0.3, 0.4) is 0 Å². The molecule has 0 saturated heterocycles. The van der Waals surface area contributed by atoms with Crippen LogP contribution in [-0.2, 0) is 19.6 Å². The number of rotatable bonds is 9. The molecule has 0 aliphatic heterocycles. The average molecular weight is 433 g/mol. The van der Waals surface area contributed by atoms with Crippen LogP contribution in [0.1, 0.15) is 40.9 Å². The van der Waals surface area contributed by atoms with Gasteiger partial charge in [0.15, 0.2) is 5.96 Å². The Morgan fingerprint density at radius 1 is 0.969 bits per heavy atom. The SMILES string of the molecule is CCN(CC)C(=O)c1ccc(CNC(=NC)NCc2ccccc2Cn2cccn2)cc1. The van der Waals surface area contributed by atoms with Gasteiger partial charge >= 0.3 is 0 Å². The lowest BCUT2D eigenvalue weighted by molar-refractivity contribution is 0.0773. The maximum atomic E-state index is 12.5. The van der Waals surface area contributed by atoms with E-state index < -0.39 is 0 Å². The van der Waals surface area contributed by atoms with Crippen molar-refractivity contribution in [2.45, 2.75) is 33.5 Å². The minimum Gasteiger partial charge on any atom is -0.352 e. The average Bonchev–Trinajstić information content (AvgIpc) is 3.34. The van der Waals surface area contributed by atoms with E-state index in [0.29, 0.717) is 31.7 Å². The fourth-order valence-corrected chi connectivity index (χ4v) is 3.50. The van der Waals surface area contributed by atoms with Gasteiger partial charge in [0.05, 0.1) is 6.54 Å². The van der Waals surface area contributed by atoms with Crippen molar-refractivity contribution in [3.05, 3.63) is 89.2 Å². The molecule has 3 aromatic rings. The standard InChI is InChI=1S/C25H32N6O/c1-4-30(5-2)24(32)21-13-11-20(12-14-21)17-27-25(26-3)28-18-22-9-6-7-10-23(22)19-31-16-8-15-29-31/h6-16H,4-5,17-19H2,1-3H3,(H2,26,27,28). The zero-order valence-corrected chi connectivity index (χ0v) is 19.1. The summed E-state index contributed by atoms with van der Waals surface area (Å²) >= 11 is 0. The first-order valence-electron chi connectivity index (χ1n) is 11.0. The Balaban J connectivity index is 1.54. The molecule has 0 radical (unpaired) electrons. The van der Waals surface area contributed by atoms with Gasteiger partial charge in [0.1, 0.15) is 0 Å². The highest BCUT2D eigenvalue weighted by atomic mass is 16.2. The number of nitrogens with one attached hydrogen (secondary N) is 2. The molecule has 7 heteroatoms. The highest BCUT2D eigenvalue weighted by molar-refractivity contribution is 5.94. The normalized spacial score (nSPS) is 11.3. The van der Waals surface area contributed by atoms with Crippen molar-refractivity contribution >= 4 is 11.9 Å². The lowest BCUT2D eigenvalue weighted by Crippen LogP contribution is -2.36. The smallest absolute Gasteiger partial charge is 0.253 e. The van der Waals surface area contributed by atoms with Crippen molar-refractivity contribution in [1.82, 2.24) is 25.3 Å². The monoisotopic (exact) mass is 432 g/mol. The third kappa shape index (κ3) is 6.20. The van der Waals surface area contributed by atoms with Crippen molar-refractivity contribution in [2.24, 2.45) is 4.99 Å². The van der Waals surface area contributed by atoms with Gasteiger partial charge in [0.2, 0.25) is 0 Å². The summed E-state index contributed by atoms with van der Waals surface area (Å²) in [5, 5.41) is 11.0. The van der Waals surface area contributed by atoms with E-state index in [0.717, 1.165) is 18.1 Å². The zero-order valence-electron chi connectivity index (χ0n) is 19.1. The van der Waals surface area contributed by atoms with E-state index >= 15 is 0 Å². The minimum absolute atomic E-state index is 0.0702. The molecule has 3 rings (SSSR count). The van der Waals surface area contributed by atoms with Gasteiger partial charge in [-0.25, -0.2) is 0 Å². The molecule has 0 unspecified atom stereocenters. The Morgan fingerprint density at radius 2 is 1.66 bits per heavy atom. The predicted molar refractivity (Wildman–Crippen MR) is 129 cm³/mol. The van der Waals surface area contributed by atoms with Crippen LogP contribution in [-0.4, -0.2) is 46.7 Å². The van der Waals surface area contributed by atoms with E-state index in [4.69, 9.17) is 0 Å². The van der Waals surface area contributed by atoms with E-state index in [1.54, 1.807) is 13.2 Å². The van der Waals surface area contributed by atoms with Crippen LogP contribution in [0, 0.1) is 0 Å². The second kappa shape index (κ2) is 11.7. The van der Waals surface area contributed by atoms with E-state index in [2.05, 4.69) is 32.9 Å². The lowest BCUT2D eigenvalue weighted by atomic mass is 10.1. The Bertz CT molecular complexity index is 1010. The van der Waals surface area contributed by atoms with Crippen LogP contribution in [0.4, 0.5) is 0 Å². The molecule has 0 aliphatic carbocycles. The van der Waals surface area contributed by atoms with E-state index in [-0.39, 0.29) is 5.91 Å². The first kappa shape index (κ1) is 23.1. The van der Waals surface area contributed by atoms with Gasteiger partial charge in [-0.1, -0.05) is 36.4 Å². The van der Waals surface area contributed by atoms with Gasteiger partial charge in [0, 0.05) is 51.2 Å². The fraction of sp³-hybridized carbons (Fsp3) is 0.320. The molecule has 2 N–H and O–H groups in total. The second-order valence-corrected chi connectivity index (χ2v) is 7.43. The van der Waals surface area contributed by atoms with Crippen LogP contribution >= 0.6 is 0 Å². The van der Waals surface area contributed by atoms with E-state index in [1.165, 1.54) is 11.1 Å². The quantitative estimate of drug-likeness (QED) is 0.402. The summed E-state index contributed by atoms with van der Waals surface area (Å²) in [6.07, 6.45) is 3.75. The lowest BCUT2D eigenvalue weighted by Gasteiger charge is -2.18. The summed E-state index contributed by atoms with van der Waals surface area (Å²) in [5.74, 6) is 0.794. The molecule has 1 aromatic heterocycles. The van der Waals surface area contributed by atoms with Crippen molar-refractivity contribution < 1.29 is 4.79 Å². The van der Waals surface area contributed by atoms with Gasteiger partial charge in [-0.15, -0.1) is 0 Å². The van der Waals surface area contributed by atoms with Crippen LogP contribution in [0.2, 0.25) is 0 Å². The molecule has 0 fully saturated rings. The molecule has 32 heavy (non-hydrogen) atoms. The van der Waals surface area contributed by atoms with Gasteiger partial charge in [0.25, 0.3) is 5.91 Å². The predicted octanol–water partition coefficient (Wildman–Crippen LogP) is 3.28. The third-order valence-electron chi connectivity index (χ3n) is 5.39. The van der Waals surface area contributed by atoms with E-state index in [9.17, 15) is 4.79 Å². The molecular formula is C25H32N6O. The third-order valence-corrected chi connectivity index (χ3v) is 5.39. The first-order valence-corrected chi connectivity index (χ1v) is 11.0. The molecular weight excluding hydrogens is 400 g/mol. The number of hydrogen-bond acceptors (Lipinski definition) is 3. The maximum absolute atomic E-state index is 12.5. The van der Waals surface area contributed by atoms with Crippen molar-refractivity contribution in [3.8, 4) is 0 Å². The Morgan fingerprint density at radius 3 is 2.28 bits per heavy atom. The highest BCUT2D eigenvalue weighted by Gasteiger charge is 2.12. The topological polar surface area (TPSA) is 74.6 Å². The summed E-state index contributed by atoms with van der Waals surface area (Å²) in [5.41, 5.74) is 4.22. The molecule has 0 aliphatic rings. The van der Waals surface area contributed by atoms with E-state index in [1.807, 2.05) is 72.1 Å². The molecule has 168 valence electrons. The van der Waals surface area contributed by atoms with Crippen molar-refractivity contribution in [3.63, 3.8) is 0 Å². The number of amides is 1. The largest absolute Gasteiger partial charge is 0.352 e. The maximum Gasteiger partial charge on any atom is 0.253 e. The van der Waals surface area contributed by atoms with Gasteiger partial charge in [-0.05, 0) is 48.7 Å². The summed E-state index contributed by atoms with van der Waals surface area (Å²) in [6, 6.07) is 18.0. The zero-order chi connectivity index (χ0) is 22.8. The van der Waals surface area contributed by atoms with Gasteiger partial charge in [-0.2, -0.15) is 5.10 Å². The molecule has 2 aromatic carbocycles. The number of carbonyl (C=O) groups excluding carboxylic acids is 1. The molecule has 0 saturated carbocycles. The number of aliphatic imine (C=N–C) groups is 1. The fourth-order valence-electron chi connectivity index (χ4n) is 3.50. The first-order chi connectivity index (χ1) is 15.6. The number of aromatic nitrogens is 2. The summed E-state index contributed by atoms with van der Waals surface area (Å²) in [6.45, 7) is 7.43. The second-order valence-electron chi connectivity index (χ2n) is 7.43. The molecule has 7 nitrogen and oxygen atoms in total. The molecule has 0 atom stereocenters. The number of nitrogens with zero attached hydrogens (tertiary/aromatic N) is 4. The Kier molecular flexibility index (Phi) is 8.43. The van der Waals surface area contributed by atoms with Crippen LogP contribution in [0.5, 0.6) is 0 Å². The number of guanidine groups is 1.